The Balaban J connectivity index is 2.12. The number of carbonyl (C=O) groups excluding carboxylic acids is 3. The number of carbonyl (C=O) groups is 3. The van der Waals surface area contributed by atoms with Crippen LogP contribution in [0.2, 0.25) is 5.02 Å². The molecule has 0 unspecified atom stereocenters. The average molecular weight is 352 g/mol. The van der Waals surface area contributed by atoms with Crippen molar-refractivity contribution in [2.45, 2.75) is 24.9 Å². The lowest BCUT2D eigenvalue weighted by molar-refractivity contribution is -0.734. The third-order valence-corrected chi connectivity index (χ3v) is 5.65. The first-order valence-corrected chi connectivity index (χ1v) is 8.26. The second-order valence-corrected chi connectivity index (χ2v) is 6.80. The van der Waals surface area contributed by atoms with Gasteiger partial charge in [0.1, 0.15) is 17.9 Å². The number of benzene rings is 1. The predicted molar refractivity (Wildman–Crippen MR) is 85.9 cm³/mol. The number of rotatable bonds is 3. The van der Waals surface area contributed by atoms with Crippen molar-refractivity contribution in [3.05, 3.63) is 34.9 Å². The molecule has 2 aliphatic rings. The van der Waals surface area contributed by atoms with Crippen LogP contribution >= 0.6 is 11.6 Å². The number of ether oxygens (including phenoxy) is 1. The van der Waals surface area contributed by atoms with E-state index >= 15 is 0 Å². The van der Waals surface area contributed by atoms with Crippen LogP contribution in [0.3, 0.4) is 0 Å². The van der Waals surface area contributed by atoms with Crippen LogP contribution in [0.1, 0.15) is 24.9 Å². The van der Waals surface area contributed by atoms with Gasteiger partial charge in [-0.25, -0.2) is 4.79 Å². The van der Waals surface area contributed by atoms with Crippen LogP contribution in [0.5, 0.6) is 0 Å². The highest BCUT2D eigenvalue weighted by Crippen LogP contribution is 2.45. The number of hydrogen-bond donors (Lipinski definition) is 1. The molecular formula is C17H20ClN2O4+. The Bertz CT molecular complexity index is 705. The molecule has 6 nitrogen and oxygen atoms in total. The first-order valence-electron chi connectivity index (χ1n) is 7.88. The van der Waals surface area contributed by atoms with Gasteiger partial charge in [-0.2, -0.15) is 0 Å². The number of nitrogens with two attached hydrogens (primary N) is 1. The maximum Gasteiger partial charge on any atom is 0.368 e. The number of amides is 2. The van der Waals surface area contributed by atoms with Crippen LogP contribution < -0.4 is 5.32 Å². The molecule has 2 heterocycles. The van der Waals surface area contributed by atoms with Crippen LogP contribution in [0.15, 0.2) is 24.3 Å². The lowest BCUT2D eigenvalue weighted by atomic mass is 9.78. The molecule has 2 amide bonds. The van der Waals surface area contributed by atoms with E-state index in [1.165, 1.54) is 14.2 Å². The Morgan fingerprint density at radius 1 is 1.29 bits per heavy atom. The average Bonchev–Trinajstić information content (AvgIpc) is 3.05. The Morgan fingerprint density at radius 2 is 1.92 bits per heavy atom. The molecule has 0 aliphatic carbocycles. The summed E-state index contributed by atoms with van der Waals surface area (Å²) >= 11 is 5.95. The molecule has 128 valence electrons. The maximum atomic E-state index is 12.7. The van der Waals surface area contributed by atoms with E-state index in [0.717, 1.165) is 10.5 Å². The Labute approximate surface area is 145 Å². The predicted octanol–water partition coefficient (Wildman–Crippen LogP) is 0.511. The number of quaternary nitrogens is 1. The number of halogens is 1. The van der Waals surface area contributed by atoms with Crippen molar-refractivity contribution < 1.29 is 24.4 Å². The van der Waals surface area contributed by atoms with E-state index in [1.807, 2.05) is 24.4 Å². The molecule has 1 aromatic rings. The summed E-state index contributed by atoms with van der Waals surface area (Å²) in [5, 5.41) is 2.43. The van der Waals surface area contributed by atoms with Crippen LogP contribution in [-0.4, -0.2) is 42.4 Å². The summed E-state index contributed by atoms with van der Waals surface area (Å²) in [6.07, 6.45) is 0.401. The first kappa shape index (κ1) is 16.9. The second kappa shape index (κ2) is 5.86. The summed E-state index contributed by atoms with van der Waals surface area (Å²) in [5.41, 5.74) is -0.216. The van der Waals surface area contributed by atoms with Gasteiger partial charge in [-0.05, 0) is 12.1 Å². The van der Waals surface area contributed by atoms with E-state index in [1.54, 1.807) is 12.1 Å². The van der Waals surface area contributed by atoms with Gasteiger partial charge in [-0.15, -0.1) is 0 Å². The number of imide groups is 1. The molecule has 0 radical (unpaired) electrons. The number of hydrogen-bond acceptors (Lipinski definition) is 4. The molecule has 0 bridgehead atoms. The lowest BCUT2D eigenvalue weighted by Gasteiger charge is -2.27. The quantitative estimate of drug-likeness (QED) is 0.635. The van der Waals surface area contributed by atoms with Crippen molar-refractivity contribution in [2.24, 2.45) is 11.8 Å². The third-order valence-electron chi connectivity index (χ3n) is 5.40. The van der Waals surface area contributed by atoms with Crippen molar-refractivity contribution in [1.82, 2.24) is 4.90 Å². The largest absolute Gasteiger partial charge is 0.464 e. The van der Waals surface area contributed by atoms with Crippen molar-refractivity contribution >= 4 is 29.4 Å². The van der Waals surface area contributed by atoms with E-state index in [0.29, 0.717) is 11.4 Å². The van der Waals surface area contributed by atoms with Crippen LogP contribution in [-0.2, 0) is 19.1 Å². The summed E-state index contributed by atoms with van der Waals surface area (Å²) in [5.74, 6) is -2.32. The number of methoxy groups -OCH3 is 1. The highest BCUT2D eigenvalue weighted by molar-refractivity contribution is 6.30. The highest BCUT2D eigenvalue weighted by Gasteiger charge is 2.71. The molecule has 2 fully saturated rings. The summed E-state index contributed by atoms with van der Waals surface area (Å²) in [4.78, 5) is 39.0. The van der Waals surface area contributed by atoms with Gasteiger partial charge in [0.15, 0.2) is 0 Å². The molecule has 0 spiro atoms. The van der Waals surface area contributed by atoms with E-state index in [4.69, 9.17) is 16.3 Å². The molecule has 2 N–H and O–H groups in total. The Morgan fingerprint density at radius 3 is 2.46 bits per heavy atom. The van der Waals surface area contributed by atoms with Crippen LogP contribution in [0, 0.1) is 11.8 Å². The minimum absolute atomic E-state index is 0.250. The van der Waals surface area contributed by atoms with Crippen molar-refractivity contribution in [2.75, 3.05) is 14.2 Å². The van der Waals surface area contributed by atoms with Gasteiger partial charge in [0.25, 0.3) is 0 Å². The van der Waals surface area contributed by atoms with Crippen molar-refractivity contribution in [3.63, 3.8) is 0 Å². The molecule has 7 heteroatoms. The molecule has 4 atom stereocenters. The van der Waals surface area contributed by atoms with E-state index in [9.17, 15) is 14.4 Å². The third kappa shape index (κ3) is 2.17. The van der Waals surface area contributed by atoms with Crippen LogP contribution in [0.4, 0.5) is 0 Å². The van der Waals surface area contributed by atoms with Crippen molar-refractivity contribution in [3.8, 4) is 0 Å². The number of nitrogens with zero attached hydrogens (tertiary/aromatic N) is 1. The van der Waals surface area contributed by atoms with Gasteiger partial charge in [0, 0.05) is 24.1 Å². The normalized spacial score (nSPS) is 32.2. The standard InChI is InChI=1S/C17H19ClN2O4/c1-4-17(16(23)24-3)12-11(14(21)20(2)15(12)22)13(19-17)9-5-7-10(18)8-6-9/h5-8,11-13,19H,4H2,1-3H3/p+1/t11-,12+,13-,17-/m0/s1. The molecule has 3 rings (SSSR count). The van der Waals surface area contributed by atoms with Crippen LogP contribution in [0.25, 0.3) is 0 Å². The maximum absolute atomic E-state index is 12.7. The van der Waals surface area contributed by atoms with Gasteiger partial charge in [-0.1, -0.05) is 30.7 Å². The zero-order chi connectivity index (χ0) is 17.6. The fourth-order valence-corrected chi connectivity index (χ4v) is 4.25. The minimum atomic E-state index is -1.08. The van der Waals surface area contributed by atoms with Gasteiger partial charge < -0.3 is 10.1 Å². The second-order valence-electron chi connectivity index (χ2n) is 6.37. The molecule has 0 aromatic heterocycles. The minimum Gasteiger partial charge on any atom is -0.464 e. The molecular weight excluding hydrogens is 332 g/mol. The van der Waals surface area contributed by atoms with E-state index in [-0.39, 0.29) is 17.9 Å². The van der Waals surface area contributed by atoms with E-state index in [2.05, 4.69) is 0 Å². The molecule has 2 aliphatic heterocycles. The smallest absolute Gasteiger partial charge is 0.368 e. The molecule has 24 heavy (non-hydrogen) atoms. The zero-order valence-electron chi connectivity index (χ0n) is 13.8. The monoisotopic (exact) mass is 351 g/mol. The topological polar surface area (TPSA) is 80.3 Å². The SMILES string of the molecule is CC[C@]1(C(=O)OC)[NH2+][C@@H](c2ccc(Cl)cc2)[C@H]2C(=O)N(C)C(=O)[C@@H]21. The number of esters is 1. The summed E-state index contributed by atoms with van der Waals surface area (Å²) < 4.78 is 4.99. The fraction of sp³-hybridized carbons (Fsp3) is 0.471. The lowest BCUT2D eigenvalue weighted by Crippen LogP contribution is -2.98. The van der Waals surface area contributed by atoms with Gasteiger partial charge in [-0.3, -0.25) is 14.5 Å². The number of fused-ring (bicyclic) bond motifs is 1. The summed E-state index contributed by atoms with van der Waals surface area (Å²) in [6, 6.07) is 6.83. The summed E-state index contributed by atoms with van der Waals surface area (Å²) in [7, 11) is 2.78. The van der Waals surface area contributed by atoms with Gasteiger partial charge in [0.2, 0.25) is 17.4 Å². The number of likely N-dealkylation sites (tertiary alicyclic amines) is 1. The van der Waals surface area contributed by atoms with Gasteiger partial charge in [0.05, 0.1) is 7.11 Å². The molecule has 1 aromatic carbocycles. The zero-order valence-corrected chi connectivity index (χ0v) is 14.5. The highest BCUT2D eigenvalue weighted by atomic mass is 35.5. The van der Waals surface area contributed by atoms with Crippen molar-refractivity contribution in [1.29, 1.82) is 0 Å². The van der Waals surface area contributed by atoms with E-state index < -0.39 is 23.3 Å². The fourth-order valence-electron chi connectivity index (χ4n) is 4.12. The molecule has 0 saturated carbocycles. The first-order chi connectivity index (χ1) is 11.4. The molecule has 2 saturated heterocycles. The Kier molecular flexibility index (Phi) is 4.13. The summed E-state index contributed by atoms with van der Waals surface area (Å²) in [6.45, 7) is 1.84. The van der Waals surface area contributed by atoms with Gasteiger partial charge >= 0.3 is 5.97 Å². The Hall–Kier alpha value is -1.92.